The van der Waals surface area contributed by atoms with Crippen molar-refractivity contribution in [3.05, 3.63) is 48.0 Å². The summed E-state index contributed by atoms with van der Waals surface area (Å²) in [4.78, 5) is 24.8. The largest absolute Gasteiger partial charge is 0.458 e. The molecular weight excluding hydrogens is 258 g/mol. The van der Waals surface area contributed by atoms with E-state index < -0.39 is 18.2 Å². The Kier molecular flexibility index (Phi) is 4.76. The molecule has 5 nitrogen and oxygen atoms in total. The highest BCUT2D eigenvalue weighted by Gasteiger charge is 2.36. The molecule has 0 aromatic heterocycles. The smallest absolute Gasteiger partial charge is 0.411 e. The number of cyclic esters (lactones) is 1. The highest BCUT2D eigenvalue weighted by molar-refractivity contribution is 5.82. The van der Waals surface area contributed by atoms with Crippen LogP contribution in [0.4, 0.5) is 4.79 Å². The van der Waals surface area contributed by atoms with Gasteiger partial charge in [-0.1, -0.05) is 42.5 Å². The normalized spacial score (nSPS) is 18.4. The van der Waals surface area contributed by atoms with Crippen molar-refractivity contribution in [2.75, 3.05) is 13.1 Å². The summed E-state index contributed by atoms with van der Waals surface area (Å²) in [5.41, 5.74) is 0.899. The number of carbonyl (C=O) groups is 2. The molecule has 1 aliphatic heterocycles. The summed E-state index contributed by atoms with van der Waals surface area (Å²) in [5, 5.41) is 0. The zero-order valence-corrected chi connectivity index (χ0v) is 11.3. The van der Waals surface area contributed by atoms with Crippen LogP contribution in [0.1, 0.15) is 12.5 Å². The molecule has 1 atom stereocenters. The summed E-state index contributed by atoms with van der Waals surface area (Å²) in [6.45, 7) is 2.73. The zero-order chi connectivity index (χ0) is 14.4. The van der Waals surface area contributed by atoms with Gasteiger partial charge in [-0.05, 0) is 12.5 Å². The van der Waals surface area contributed by atoms with Crippen LogP contribution in [-0.2, 0) is 20.9 Å². The maximum atomic E-state index is 11.8. The second-order valence-electron chi connectivity index (χ2n) is 4.44. The molecule has 0 N–H and O–H groups in total. The summed E-state index contributed by atoms with van der Waals surface area (Å²) in [7, 11) is 0. The molecule has 5 heteroatoms. The van der Waals surface area contributed by atoms with Gasteiger partial charge in [0.05, 0.1) is 6.54 Å². The molecule has 20 heavy (non-hydrogen) atoms. The molecular formula is C15H17NO4. The predicted molar refractivity (Wildman–Crippen MR) is 72.9 cm³/mol. The van der Waals surface area contributed by atoms with Crippen LogP contribution in [0.25, 0.3) is 0 Å². The second-order valence-corrected chi connectivity index (χ2v) is 4.44. The van der Waals surface area contributed by atoms with Gasteiger partial charge in [0, 0.05) is 6.54 Å². The van der Waals surface area contributed by atoms with Gasteiger partial charge in [-0.25, -0.2) is 9.59 Å². The molecule has 106 valence electrons. The fourth-order valence-electron chi connectivity index (χ4n) is 1.83. The molecule has 1 aromatic carbocycles. The molecule has 0 bridgehead atoms. The minimum atomic E-state index is -0.837. The number of nitrogens with zero attached hydrogens (tertiary/aromatic N) is 1. The fraction of sp³-hybridized carbons (Fsp3) is 0.333. The number of amides is 1. The average Bonchev–Trinajstić information content (AvgIpc) is 2.85. The molecule has 0 spiro atoms. The van der Waals surface area contributed by atoms with Crippen LogP contribution in [-0.4, -0.2) is 36.2 Å². The van der Waals surface area contributed by atoms with E-state index in [1.54, 1.807) is 0 Å². The Morgan fingerprint density at radius 2 is 2.20 bits per heavy atom. The first kappa shape index (κ1) is 14.1. The Bertz CT molecular complexity index is 498. The monoisotopic (exact) mass is 275 g/mol. The van der Waals surface area contributed by atoms with Crippen LogP contribution in [0, 0.1) is 0 Å². The van der Waals surface area contributed by atoms with Gasteiger partial charge in [-0.15, -0.1) is 0 Å². The lowest BCUT2D eigenvalue weighted by molar-refractivity contribution is -0.153. The highest BCUT2D eigenvalue weighted by Crippen LogP contribution is 2.13. The van der Waals surface area contributed by atoms with Crippen molar-refractivity contribution >= 4 is 12.1 Å². The Morgan fingerprint density at radius 3 is 2.90 bits per heavy atom. The van der Waals surface area contributed by atoms with Crippen molar-refractivity contribution in [2.24, 2.45) is 0 Å². The predicted octanol–water partition coefficient (Wildman–Crippen LogP) is 2.13. The van der Waals surface area contributed by atoms with Crippen molar-refractivity contribution in [3.63, 3.8) is 0 Å². The lowest BCUT2D eigenvalue weighted by Crippen LogP contribution is -2.29. The van der Waals surface area contributed by atoms with E-state index in [1.165, 1.54) is 4.90 Å². The van der Waals surface area contributed by atoms with Crippen molar-refractivity contribution in [3.8, 4) is 0 Å². The molecule has 0 radical (unpaired) electrons. The minimum Gasteiger partial charge on any atom is -0.458 e. The van der Waals surface area contributed by atoms with Crippen LogP contribution in [0.2, 0.25) is 0 Å². The highest BCUT2D eigenvalue weighted by atomic mass is 16.6. The minimum absolute atomic E-state index is 0.183. The number of carbonyl (C=O) groups excluding carboxylic acids is 2. The van der Waals surface area contributed by atoms with E-state index in [0.29, 0.717) is 6.54 Å². The van der Waals surface area contributed by atoms with Crippen molar-refractivity contribution in [1.82, 2.24) is 4.90 Å². The van der Waals surface area contributed by atoms with E-state index in [2.05, 4.69) is 0 Å². The maximum Gasteiger partial charge on any atom is 0.411 e. The third-order valence-corrected chi connectivity index (χ3v) is 2.94. The molecule has 0 saturated carbocycles. The first-order chi connectivity index (χ1) is 9.70. The molecule has 0 unspecified atom stereocenters. The van der Waals surface area contributed by atoms with Crippen LogP contribution < -0.4 is 0 Å². The Labute approximate surface area is 117 Å². The molecule has 1 fully saturated rings. The summed E-state index contributed by atoms with van der Waals surface area (Å²) in [6, 6.07) is 9.37. The number of ether oxygens (including phenoxy) is 2. The van der Waals surface area contributed by atoms with Gasteiger partial charge in [0.2, 0.25) is 6.10 Å². The summed E-state index contributed by atoms with van der Waals surface area (Å²) in [6.07, 6.45) is 2.36. The van der Waals surface area contributed by atoms with Gasteiger partial charge in [0.15, 0.2) is 0 Å². The fourth-order valence-corrected chi connectivity index (χ4v) is 1.83. The van der Waals surface area contributed by atoms with Gasteiger partial charge in [-0.2, -0.15) is 0 Å². The number of hydrogen-bond acceptors (Lipinski definition) is 4. The SMILES string of the molecule is C/C=C/CN1C[C@@H](C(=O)OCc2ccccc2)OC1=O. The summed E-state index contributed by atoms with van der Waals surface area (Å²) >= 11 is 0. The van der Waals surface area contributed by atoms with Gasteiger partial charge >= 0.3 is 12.1 Å². The van der Waals surface area contributed by atoms with Crippen LogP contribution in [0.5, 0.6) is 0 Å². The Hall–Kier alpha value is -2.30. The number of benzene rings is 1. The van der Waals surface area contributed by atoms with Crippen molar-refractivity contribution in [2.45, 2.75) is 19.6 Å². The molecule has 1 saturated heterocycles. The standard InChI is InChI=1S/C15H17NO4/c1-2-3-9-16-10-13(20-15(16)18)14(17)19-11-12-7-5-4-6-8-12/h2-8,13H,9-11H2,1H3/b3-2+/t13-/m0/s1. The number of allylic oxidation sites excluding steroid dienone is 1. The van der Waals surface area contributed by atoms with Crippen LogP contribution >= 0.6 is 0 Å². The van der Waals surface area contributed by atoms with Crippen molar-refractivity contribution < 1.29 is 19.1 Å². The third kappa shape index (κ3) is 3.60. The molecule has 1 heterocycles. The first-order valence-corrected chi connectivity index (χ1v) is 6.48. The molecule has 1 aliphatic rings. The third-order valence-electron chi connectivity index (χ3n) is 2.94. The average molecular weight is 275 g/mol. The maximum absolute atomic E-state index is 11.8. The van der Waals surface area contributed by atoms with E-state index in [0.717, 1.165) is 5.56 Å². The Balaban J connectivity index is 1.83. The van der Waals surface area contributed by atoms with E-state index in [1.807, 2.05) is 49.4 Å². The summed E-state index contributed by atoms with van der Waals surface area (Å²) in [5.74, 6) is -0.509. The van der Waals surface area contributed by atoms with Gasteiger partial charge in [0.1, 0.15) is 6.61 Å². The van der Waals surface area contributed by atoms with E-state index >= 15 is 0 Å². The molecule has 0 aliphatic carbocycles. The van der Waals surface area contributed by atoms with Crippen LogP contribution in [0.15, 0.2) is 42.5 Å². The zero-order valence-electron chi connectivity index (χ0n) is 11.3. The van der Waals surface area contributed by atoms with E-state index in [9.17, 15) is 9.59 Å². The van der Waals surface area contributed by atoms with Crippen molar-refractivity contribution in [1.29, 1.82) is 0 Å². The van der Waals surface area contributed by atoms with Gasteiger partial charge in [-0.3, -0.25) is 0 Å². The number of hydrogen-bond donors (Lipinski definition) is 0. The molecule has 1 amide bonds. The first-order valence-electron chi connectivity index (χ1n) is 6.48. The summed E-state index contributed by atoms with van der Waals surface area (Å²) < 4.78 is 10.2. The number of esters is 1. The second kappa shape index (κ2) is 6.75. The lowest BCUT2D eigenvalue weighted by Gasteiger charge is -2.09. The lowest BCUT2D eigenvalue weighted by atomic mass is 10.2. The van der Waals surface area contributed by atoms with E-state index in [-0.39, 0.29) is 13.2 Å². The quantitative estimate of drug-likeness (QED) is 0.610. The van der Waals surface area contributed by atoms with E-state index in [4.69, 9.17) is 9.47 Å². The molecule has 2 rings (SSSR count). The number of rotatable bonds is 5. The van der Waals surface area contributed by atoms with Gasteiger partial charge < -0.3 is 14.4 Å². The van der Waals surface area contributed by atoms with Crippen LogP contribution in [0.3, 0.4) is 0 Å². The molecule has 1 aromatic rings. The topological polar surface area (TPSA) is 55.8 Å². The Morgan fingerprint density at radius 1 is 1.45 bits per heavy atom. The van der Waals surface area contributed by atoms with Gasteiger partial charge in [0.25, 0.3) is 0 Å².